The van der Waals surface area contributed by atoms with E-state index in [4.69, 9.17) is 0 Å². The van der Waals surface area contributed by atoms with Gasteiger partial charge in [0.15, 0.2) is 0 Å². The summed E-state index contributed by atoms with van der Waals surface area (Å²) in [6, 6.07) is 15.6. The number of benzene rings is 2. The largest absolute Gasteiger partial charge is 0.0651 e. The Kier molecular flexibility index (Phi) is 5.53. The number of hydrogen-bond acceptors (Lipinski definition) is 0. The third kappa shape index (κ3) is 3.72. The van der Waals surface area contributed by atoms with E-state index in [1.165, 1.54) is 74.1 Å². The molecule has 2 unspecified atom stereocenters. The number of fused-ring (bicyclic) bond motifs is 1. The van der Waals surface area contributed by atoms with E-state index in [1.807, 2.05) is 0 Å². The fourth-order valence-corrected chi connectivity index (χ4v) is 4.43. The van der Waals surface area contributed by atoms with Crippen LogP contribution in [-0.4, -0.2) is 0 Å². The summed E-state index contributed by atoms with van der Waals surface area (Å²) in [6.45, 7) is 2.39. The zero-order chi connectivity index (χ0) is 15.2. The topological polar surface area (TPSA) is 0 Å². The number of unbranched alkanes of at least 4 members (excludes halogenated alkanes) is 1. The minimum atomic E-state index is 1.02. The first-order valence-electron chi connectivity index (χ1n) is 9.35. The number of aryl methyl sites for hydroxylation is 1. The van der Waals surface area contributed by atoms with Gasteiger partial charge in [-0.1, -0.05) is 94.3 Å². The Morgan fingerprint density at radius 1 is 0.864 bits per heavy atom. The Morgan fingerprint density at radius 2 is 1.64 bits per heavy atom. The highest BCUT2D eigenvalue weighted by Crippen LogP contribution is 2.35. The molecule has 0 heterocycles. The third-order valence-corrected chi connectivity index (χ3v) is 5.74. The molecule has 2 aromatic rings. The van der Waals surface area contributed by atoms with Crippen LogP contribution in [0.25, 0.3) is 10.8 Å². The Hall–Kier alpha value is -1.30. The molecule has 0 amide bonds. The quantitative estimate of drug-likeness (QED) is 0.516. The van der Waals surface area contributed by atoms with Crippen LogP contribution in [0.3, 0.4) is 0 Å². The predicted molar refractivity (Wildman–Crippen MR) is 97.2 cm³/mol. The van der Waals surface area contributed by atoms with Gasteiger partial charge >= 0.3 is 0 Å². The standard InChI is InChI=1S/C22H30/c1-2-18-10-3-4-11-19(18)12-5-6-13-20-15-9-16-21-14-7-8-17-22(20)21/h7-9,14-19H,2-6,10-13H2,1H3. The van der Waals surface area contributed by atoms with Gasteiger partial charge in [0, 0.05) is 0 Å². The summed E-state index contributed by atoms with van der Waals surface area (Å²) in [7, 11) is 0. The molecule has 0 bridgehead atoms. The van der Waals surface area contributed by atoms with Crippen LogP contribution in [0, 0.1) is 11.8 Å². The summed E-state index contributed by atoms with van der Waals surface area (Å²) in [6.07, 6.45) is 12.8. The van der Waals surface area contributed by atoms with Crippen LogP contribution >= 0.6 is 0 Å². The predicted octanol–water partition coefficient (Wildman–Crippen LogP) is 6.77. The Bertz CT molecular complexity index is 578. The van der Waals surface area contributed by atoms with Crippen LogP contribution in [-0.2, 0) is 6.42 Å². The van der Waals surface area contributed by atoms with Crippen LogP contribution in [0.4, 0.5) is 0 Å². The van der Waals surface area contributed by atoms with Crippen molar-refractivity contribution in [3.05, 3.63) is 48.0 Å². The third-order valence-electron chi connectivity index (χ3n) is 5.74. The fourth-order valence-electron chi connectivity index (χ4n) is 4.43. The van der Waals surface area contributed by atoms with Crippen molar-refractivity contribution >= 4 is 10.8 Å². The summed E-state index contributed by atoms with van der Waals surface area (Å²) in [5.74, 6) is 2.04. The zero-order valence-electron chi connectivity index (χ0n) is 14.1. The van der Waals surface area contributed by atoms with Crippen LogP contribution < -0.4 is 0 Å². The van der Waals surface area contributed by atoms with Crippen LogP contribution in [0.1, 0.15) is 63.9 Å². The van der Waals surface area contributed by atoms with E-state index >= 15 is 0 Å². The minimum Gasteiger partial charge on any atom is -0.0651 e. The van der Waals surface area contributed by atoms with E-state index in [2.05, 4.69) is 49.4 Å². The maximum Gasteiger partial charge on any atom is -0.0152 e. The normalized spacial score (nSPS) is 22.0. The second-order valence-electron chi connectivity index (χ2n) is 7.10. The first-order chi connectivity index (χ1) is 10.9. The van der Waals surface area contributed by atoms with E-state index in [9.17, 15) is 0 Å². The summed E-state index contributed by atoms with van der Waals surface area (Å²) in [4.78, 5) is 0. The molecule has 1 aliphatic carbocycles. The highest BCUT2D eigenvalue weighted by Gasteiger charge is 2.22. The molecule has 22 heavy (non-hydrogen) atoms. The molecule has 2 aromatic carbocycles. The van der Waals surface area contributed by atoms with Gasteiger partial charge in [-0.3, -0.25) is 0 Å². The summed E-state index contributed by atoms with van der Waals surface area (Å²) < 4.78 is 0. The zero-order valence-corrected chi connectivity index (χ0v) is 14.1. The monoisotopic (exact) mass is 294 g/mol. The smallest absolute Gasteiger partial charge is 0.0152 e. The minimum absolute atomic E-state index is 1.02. The fraction of sp³-hybridized carbons (Fsp3) is 0.545. The van der Waals surface area contributed by atoms with Crippen molar-refractivity contribution in [2.45, 2.75) is 64.7 Å². The molecule has 1 aliphatic rings. The molecule has 0 saturated heterocycles. The molecule has 118 valence electrons. The summed E-state index contributed by atoms with van der Waals surface area (Å²) >= 11 is 0. The van der Waals surface area contributed by atoms with Gasteiger partial charge < -0.3 is 0 Å². The van der Waals surface area contributed by atoms with Gasteiger partial charge in [0.25, 0.3) is 0 Å². The molecule has 0 aliphatic heterocycles. The molecule has 0 radical (unpaired) electrons. The van der Waals surface area contributed by atoms with E-state index in [0.29, 0.717) is 0 Å². The van der Waals surface area contributed by atoms with E-state index in [0.717, 1.165) is 11.8 Å². The van der Waals surface area contributed by atoms with Crippen molar-refractivity contribution in [1.29, 1.82) is 0 Å². The SMILES string of the molecule is CCC1CCCCC1CCCCc1cccc2ccccc12. The number of hydrogen-bond donors (Lipinski definition) is 0. The lowest BCUT2D eigenvalue weighted by Crippen LogP contribution is -2.18. The molecule has 0 spiro atoms. The first kappa shape index (κ1) is 15.6. The maximum atomic E-state index is 2.39. The molecular formula is C22H30. The Morgan fingerprint density at radius 3 is 2.50 bits per heavy atom. The van der Waals surface area contributed by atoms with Crippen LogP contribution in [0.15, 0.2) is 42.5 Å². The lowest BCUT2D eigenvalue weighted by Gasteiger charge is -2.30. The molecule has 2 atom stereocenters. The van der Waals surface area contributed by atoms with Crippen molar-refractivity contribution in [2.24, 2.45) is 11.8 Å². The van der Waals surface area contributed by atoms with Crippen molar-refractivity contribution in [1.82, 2.24) is 0 Å². The average molecular weight is 294 g/mol. The lowest BCUT2D eigenvalue weighted by molar-refractivity contribution is 0.213. The van der Waals surface area contributed by atoms with Crippen molar-refractivity contribution in [2.75, 3.05) is 0 Å². The maximum absolute atomic E-state index is 2.39. The van der Waals surface area contributed by atoms with Gasteiger partial charge in [-0.15, -0.1) is 0 Å². The van der Waals surface area contributed by atoms with Crippen LogP contribution in [0.5, 0.6) is 0 Å². The average Bonchev–Trinajstić information content (AvgIpc) is 2.59. The second kappa shape index (κ2) is 7.81. The van der Waals surface area contributed by atoms with Crippen molar-refractivity contribution in [3.8, 4) is 0 Å². The first-order valence-corrected chi connectivity index (χ1v) is 9.35. The Balaban J connectivity index is 1.52. The van der Waals surface area contributed by atoms with Gasteiger partial charge in [0.2, 0.25) is 0 Å². The molecular weight excluding hydrogens is 264 g/mol. The van der Waals surface area contributed by atoms with Gasteiger partial charge in [-0.2, -0.15) is 0 Å². The van der Waals surface area contributed by atoms with E-state index in [-0.39, 0.29) is 0 Å². The van der Waals surface area contributed by atoms with E-state index in [1.54, 1.807) is 0 Å². The van der Waals surface area contributed by atoms with Gasteiger partial charge in [-0.05, 0) is 41.0 Å². The molecule has 0 heteroatoms. The molecule has 1 fully saturated rings. The second-order valence-corrected chi connectivity index (χ2v) is 7.10. The molecule has 0 N–H and O–H groups in total. The van der Waals surface area contributed by atoms with Gasteiger partial charge in [0.1, 0.15) is 0 Å². The summed E-state index contributed by atoms with van der Waals surface area (Å²) in [5, 5.41) is 2.84. The van der Waals surface area contributed by atoms with Crippen molar-refractivity contribution < 1.29 is 0 Å². The highest BCUT2D eigenvalue weighted by molar-refractivity contribution is 5.85. The molecule has 1 saturated carbocycles. The van der Waals surface area contributed by atoms with Crippen molar-refractivity contribution in [3.63, 3.8) is 0 Å². The van der Waals surface area contributed by atoms with Gasteiger partial charge in [0.05, 0.1) is 0 Å². The van der Waals surface area contributed by atoms with E-state index < -0.39 is 0 Å². The molecule has 3 rings (SSSR count). The Labute approximate surface area is 135 Å². The molecule has 0 nitrogen and oxygen atoms in total. The highest BCUT2D eigenvalue weighted by atomic mass is 14.3. The summed E-state index contributed by atoms with van der Waals surface area (Å²) in [5.41, 5.74) is 1.54. The van der Waals surface area contributed by atoms with Crippen LogP contribution in [0.2, 0.25) is 0 Å². The number of rotatable bonds is 6. The van der Waals surface area contributed by atoms with Gasteiger partial charge in [-0.25, -0.2) is 0 Å². The lowest BCUT2D eigenvalue weighted by atomic mass is 9.75. The molecule has 0 aromatic heterocycles.